The van der Waals surface area contributed by atoms with Gasteiger partial charge in [-0.05, 0) is 0 Å². The van der Waals surface area contributed by atoms with Crippen LogP contribution in [0.15, 0.2) is 0 Å². The van der Waals surface area contributed by atoms with Crippen LogP contribution in [-0.4, -0.2) is 52.9 Å². The van der Waals surface area contributed by atoms with Crippen molar-refractivity contribution in [2.45, 2.75) is 14.4 Å². The molecular weight excluding hydrogens is 1080 g/mol. The summed E-state index contributed by atoms with van der Waals surface area (Å²) in [6, 6.07) is 0. The molecule has 0 aliphatic rings. The Bertz CT molecular complexity index is 213. The van der Waals surface area contributed by atoms with Crippen LogP contribution in [0, 0.1) is 19.6 Å². The number of methoxy groups -OCH3 is 2. The second kappa shape index (κ2) is 63.1. The smallest absolute Gasteiger partial charge is 0.190 e. The molecule has 145 valence electrons. The second-order valence-corrected chi connectivity index (χ2v) is 1.93. The Kier molecular flexibility index (Phi) is 178. The molecule has 0 aliphatic carbocycles. The van der Waals surface area contributed by atoms with Crippen LogP contribution < -0.4 is 0 Å². The number of carboxylic acid groups (broad SMARTS) is 1. The number of ether oxygens (including phenoxy) is 2. The van der Waals surface area contributed by atoms with Gasteiger partial charge in [-0.1, -0.05) is 7.43 Å². The quantitative estimate of drug-likeness (QED) is 0.252. The maximum Gasteiger partial charge on any atom is 0.190 e. The van der Waals surface area contributed by atoms with Crippen molar-refractivity contribution in [3.8, 4) is 0 Å². The summed E-state index contributed by atoms with van der Waals surface area (Å²) in [5, 5.41) is 22.6. The van der Waals surface area contributed by atoms with Crippen molar-refractivity contribution < 1.29 is 206 Å². The Morgan fingerprint density at radius 3 is 1.04 bits per heavy atom. The summed E-state index contributed by atoms with van der Waals surface area (Å²) in [6.07, 6.45) is 1.36. The summed E-state index contributed by atoms with van der Waals surface area (Å²) in [7, 11) is 2.54. The molecule has 0 aromatic heterocycles. The molecule has 0 saturated carbocycles. The van der Waals surface area contributed by atoms with Gasteiger partial charge >= 0.3 is 0 Å². The summed E-state index contributed by atoms with van der Waals surface area (Å²) in [6.45, 7) is 2.08. The van der Waals surface area contributed by atoms with Gasteiger partial charge in [-0.2, -0.15) is 20.1 Å². The van der Waals surface area contributed by atoms with E-state index in [2.05, 4.69) is 9.47 Å². The molecule has 0 aliphatic heterocycles. The van der Waals surface area contributed by atoms with Gasteiger partial charge in [0.15, 0.2) is 17.9 Å². The van der Waals surface area contributed by atoms with Gasteiger partial charge in [0.05, 0.1) is 14.2 Å². The van der Waals surface area contributed by atoms with E-state index in [1.54, 1.807) is 6.92 Å². The van der Waals surface area contributed by atoms with Gasteiger partial charge in [0.1, 0.15) is 0 Å². The minimum atomic E-state index is -1.31. The van der Waals surface area contributed by atoms with Crippen LogP contribution in [0.5, 0.6) is 0 Å². The molecule has 0 aromatic rings. The number of carboxylic acids is 1. The zero-order valence-corrected chi connectivity index (χ0v) is 30.4. The van der Waals surface area contributed by atoms with Gasteiger partial charge in [0.25, 0.3) is 0 Å². The van der Waals surface area contributed by atoms with Gasteiger partial charge in [-0.3, -0.25) is 20.8 Å². The van der Waals surface area contributed by atoms with E-state index in [1.165, 1.54) is 20.6 Å². The molecule has 0 aromatic carbocycles. The minimum Gasteiger partial charge on any atom is -0.537 e. The SMILES string of the molecule is C.COC(=O)[CH-]O.C[CH-]C(=O)OC.O.O=C(O)[CH-]O.[W].[W].[W].[Y].[Y].[Y]. The Hall–Kier alpha value is 3.28. The van der Waals surface area contributed by atoms with Crippen molar-refractivity contribution in [3.63, 3.8) is 0 Å². The first kappa shape index (κ1) is 70.5. The van der Waals surface area contributed by atoms with Crippen LogP contribution in [-0.2, 0) is 185 Å². The van der Waals surface area contributed by atoms with Gasteiger partial charge in [-0.25, -0.2) is 0 Å². The molecule has 0 saturated heterocycles. The van der Waals surface area contributed by atoms with Crippen LogP contribution >= 0.6 is 0 Å². The van der Waals surface area contributed by atoms with Crippen molar-refractivity contribution in [1.29, 1.82) is 0 Å². The van der Waals surface area contributed by atoms with E-state index in [9.17, 15) is 9.59 Å². The number of aliphatic hydroxyl groups is 2. The fraction of sp³-hybridized carbons (Fsp3) is 0.400. The van der Waals surface area contributed by atoms with E-state index in [4.69, 9.17) is 20.1 Å². The summed E-state index contributed by atoms with van der Waals surface area (Å²) >= 11 is 0. The summed E-state index contributed by atoms with van der Waals surface area (Å²) in [5.41, 5.74) is 0. The van der Waals surface area contributed by atoms with E-state index in [-0.39, 0.29) is 187 Å². The van der Waals surface area contributed by atoms with E-state index < -0.39 is 11.9 Å². The predicted molar refractivity (Wildman–Crippen MR) is 64.5 cm³/mol. The van der Waals surface area contributed by atoms with Crippen LogP contribution in [0.1, 0.15) is 14.4 Å². The second-order valence-electron chi connectivity index (χ2n) is 1.93. The number of hydrogen-bond acceptors (Lipinski definition) is 7. The zero-order chi connectivity index (χ0) is 14.3. The molecule has 0 amide bonds. The standard InChI is InChI=1S/C4H7O2.C3H5O3.C2H3O3.CH4.H2O.3W.3Y/c1-3-4(5)6-2;1-6-3(5)2-4;3-1-2(4)5;;;;;;;;/h3H,1-2H3;2,4H,1H3;1,3H,(H,4,5);1H4;1H2;;;;;;/q3*-1;;;;;;;;. The molecule has 0 atom stereocenters. The molecule has 15 heteroatoms. The fourth-order valence-electron chi connectivity index (χ4n) is 0.171. The number of carbonyl (C=O) groups excluding carboxylic acids is 2. The van der Waals surface area contributed by atoms with Crippen molar-refractivity contribution in [1.82, 2.24) is 0 Å². The third kappa shape index (κ3) is 98.9. The topological polar surface area (TPSA) is 162 Å². The average molecular weight is 1100 g/mol. The molecule has 0 heterocycles. The van der Waals surface area contributed by atoms with Crippen molar-refractivity contribution in [3.05, 3.63) is 19.6 Å². The van der Waals surface area contributed by atoms with Crippen molar-refractivity contribution in [2.75, 3.05) is 14.2 Å². The number of aliphatic carboxylic acids is 1. The number of aliphatic hydroxyl groups excluding tert-OH is 2. The molecular formula is C10H21O9W3Y3-3. The monoisotopic (exact) mass is 1100 g/mol. The summed E-state index contributed by atoms with van der Waals surface area (Å²) < 4.78 is 8.16. The number of rotatable bonds is 3. The normalized spacial score (nSPS) is 4.68. The Morgan fingerprint density at radius 2 is 1.04 bits per heavy atom. The minimum absolute atomic E-state index is 0. The molecule has 0 unspecified atom stereocenters. The van der Waals surface area contributed by atoms with Gasteiger partial charge in [-0.15, -0.1) is 0 Å². The van der Waals surface area contributed by atoms with E-state index in [1.807, 2.05) is 0 Å². The Labute approximate surface area is 267 Å². The first-order chi connectivity index (χ1) is 7.89. The third-order valence-corrected chi connectivity index (χ3v) is 0.854. The van der Waals surface area contributed by atoms with Crippen LogP contribution in [0.3, 0.4) is 0 Å². The third-order valence-electron chi connectivity index (χ3n) is 0.854. The Morgan fingerprint density at radius 1 is 0.800 bits per heavy atom. The number of esters is 2. The molecule has 3 radical (unpaired) electrons. The van der Waals surface area contributed by atoms with E-state index in [0.717, 1.165) is 0 Å². The molecule has 0 bridgehead atoms. The van der Waals surface area contributed by atoms with Gasteiger partial charge < -0.3 is 30.3 Å². The van der Waals surface area contributed by atoms with Crippen molar-refractivity contribution in [2.24, 2.45) is 0 Å². The number of carbonyl (C=O) groups is 3. The van der Waals surface area contributed by atoms with Gasteiger partial charge in [0, 0.05) is 161 Å². The summed E-state index contributed by atoms with van der Waals surface area (Å²) in [4.78, 5) is 28.6. The largest absolute Gasteiger partial charge is 0.537 e. The first-order valence-corrected chi connectivity index (χ1v) is 4.02. The van der Waals surface area contributed by atoms with E-state index >= 15 is 0 Å². The predicted octanol–water partition coefficient (Wildman–Crippen LogP) is -0.521. The molecule has 0 spiro atoms. The first-order valence-electron chi connectivity index (χ1n) is 4.02. The van der Waals surface area contributed by atoms with Crippen molar-refractivity contribution >= 4 is 17.9 Å². The molecule has 9 nitrogen and oxygen atoms in total. The average Bonchev–Trinajstić information content (AvgIpc) is 2.37. The van der Waals surface area contributed by atoms with Crippen LogP contribution in [0.25, 0.3) is 0 Å². The Balaban J connectivity index is -0.0000000113. The maximum atomic E-state index is 9.90. The fourth-order valence-corrected chi connectivity index (χ4v) is 0.171. The van der Waals surface area contributed by atoms with Crippen LogP contribution in [0.4, 0.5) is 0 Å². The van der Waals surface area contributed by atoms with Crippen LogP contribution in [0.2, 0.25) is 0 Å². The molecule has 5 N–H and O–H groups in total. The van der Waals surface area contributed by atoms with E-state index in [0.29, 0.717) is 6.61 Å². The summed E-state index contributed by atoms with van der Waals surface area (Å²) in [5.74, 6) is -2.32. The maximum absolute atomic E-state index is 9.90. The zero-order valence-electron chi connectivity index (χ0n) is 13.1. The van der Waals surface area contributed by atoms with Gasteiger partial charge in [0.2, 0.25) is 0 Å². The molecule has 0 rings (SSSR count). The number of hydrogen-bond donors (Lipinski definition) is 3. The molecule has 0 fully saturated rings. The molecule has 25 heavy (non-hydrogen) atoms.